The van der Waals surface area contributed by atoms with Crippen LogP contribution in [0.25, 0.3) is 11.0 Å². The van der Waals surface area contributed by atoms with Crippen molar-refractivity contribution in [2.24, 2.45) is 0 Å². The molecular formula is C18H12ClNO4. The van der Waals surface area contributed by atoms with E-state index < -0.39 is 5.97 Å². The van der Waals surface area contributed by atoms with E-state index in [1.54, 1.807) is 19.1 Å². The topological polar surface area (TPSA) is 72.5 Å². The summed E-state index contributed by atoms with van der Waals surface area (Å²) in [6.45, 7) is 2.11. The Morgan fingerprint density at radius 3 is 2.79 bits per heavy atom. The number of rotatable bonds is 4. The highest BCUT2D eigenvalue weighted by atomic mass is 35.5. The maximum absolute atomic E-state index is 12.4. The third kappa shape index (κ3) is 3.05. The first-order chi connectivity index (χ1) is 11.6. The number of halogens is 1. The Kier molecular flexibility index (Phi) is 4.41. The second-order valence-corrected chi connectivity index (χ2v) is 5.28. The van der Waals surface area contributed by atoms with Crippen molar-refractivity contribution in [2.45, 2.75) is 6.92 Å². The Morgan fingerprint density at radius 2 is 2.08 bits per heavy atom. The molecule has 0 unspecified atom stereocenters. The summed E-state index contributed by atoms with van der Waals surface area (Å²) < 4.78 is 16.2. The van der Waals surface area contributed by atoms with Crippen LogP contribution in [0.5, 0.6) is 11.5 Å². The smallest absolute Gasteiger partial charge is 0.379 e. The van der Waals surface area contributed by atoms with Gasteiger partial charge in [-0.15, -0.1) is 0 Å². The van der Waals surface area contributed by atoms with E-state index in [1.807, 2.05) is 24.3 Å². The Hall–Kier alpha value is -2.97. The van der Waals surface area contributed by atoms with Gasteiger partial charge in [0, 0.05) is 11.5 Å². The summed E-state index contributed by atoms with van der Waals surface area (Å²) in [6.07, 6.45) is 0. The fourth-order valence-corrected chi connectivity index (χ4v) is 2.47. The number of benzene rings is 2. The van der Waals surface area contributed by atoms with Crippen LogP contribution < -0.4 is 9.47 Å². The largest absolute Gasteiger partial charge is 0.490 e. The highest BCUT2D eigenvalue weighted by Gasteiger charge is 2.20. The summed E-state index contributed by atoms with van der Waals surface area (Å²) in [7, 11) is 0. The number of furan rings is 1. The van der Waals surface area contributed by atoms with Gasteiger partial charge in [-0.2, -0.15) is 5.26 Å². The molecule has 120 valence electrons. The van der Waals surface area contributed by atoms with Crippen molar-refractivity contribution < 1.29 is 18.7 Å². The molecule has 0 spiro atoms. The van der Waals surface area contributed by atoms with E-state index in [4.69, 9.17) is 30.8 Å². The zero-order valence-corrected chi connectivity index (χ0v) is 13.5. The number of hydrogen-bond acceptors (Lipinski definition) is 5. The number of fused-ring (bicyclic) bond motifs is 1. The van der Waals surface area contributed by atoms with Gasteiger partial charge in [-0.05, 0) is 25.1 Å². The summed E-state index contributed by atoms with van der Waals surface area (Å²) in [5, 5.41) is 9.90. The first-order valence-corrected chi connectivity index (χ1v) is 7.57. The molecule has 0 saturated heterocycles. The molecule has 3 aromatic rings. The molecular weight excluding hydrogens is 330 g/mol. The fourth-order valence-electron chi connectivity index (χ4n) is 2.22. The first kappa shape index (κ1) is 15.9. The van der Waals surface area contributed by atoms with Gasteiger partial charge in [0.2, 0.25) is 5.76 Å². The first-order valence-electron chi connectivity index (χ1n) is 7.19. The number of nitriles is 1. The van der Waals surface area contributed by atoms with Crippen molar-refractivity contribution in [1.29, 1.82) is 5.26 Å². The highest BCUT2D eigenvalue weighted by Crippen LogP contribution is 2.37. The van der Waals surface area contributed by atoms with Gasteiger partial charge >= 0.3 is 5.97 Å². The molecule has 0 bridgehead atoms. The van der Waals surface area contributed by atoms with Crippen molar-refractivity contribution in [3.63, 3.8) is 0 Å². The molecule has 24 heavy (non-hydrogen) atoms. The van der Waals surface area contributed by atoms with Crippen LogP contribution in [0.15, 0.2) is 46.9 Å². The van der Waals surface area contributed by atoms with E-state index in [1.165, 1.54) is 12.1 Å². The maximum atomic E-state index is 12.4. The standard InChI is InChI=1S/C18H12ClNO4/c1-2-22-15-8-11(10-20)7-13(19)17(15)24-18(21)16-9-12-5-3-4-6-14(12)23-16/h3-9H,2H2,1H3. The molecule has 0 fully saturated rings. The van der Waals surface area contributed by atoms with Crippen molar-refractivity contribution >= 4 is 28.5 Å². The molecule has 0 aliphatic rings. The molecule has 0 aliphatic carbocycles. The lowest BCUT2D eigenvalue weighted by molar-refractivity contribution is 0.0697. The predicted molar refractivity (Wildman–Crippen MR) is 88.5 cm³/mol. The summed E-state index contributed by atoms with van der Waals surface area (Å²) in [5.74, 6) is -0.355. The van der Waals surface area contributed by atoms with E-state index in [9.17, 15) is 4.79 Å². The van der Waals surface area contributed by atoms with Crippen LogP contribution in [-0.2, 0) is 0 Å². The lowest BCUT2D eigenvalue weighted by atomic mass is 10.2. The molecule has 0 atom stereocenters. The number of hydrogen-bond donors (Lipinski definition) is 0. The number of ether oxygens (including phenoxy) is 2. The lowest BCUT2D eigenvalue weighted by Crippen LogP contribution is -2.09. The van der Waals surface area contributed by atoms with Crippen LogP contribution in [0.2, 0.25) is 5.02 Å². The van der Waals surface area contributed by atoms with Crippen LogP contribution in [0.4, 0.5) is 0 Å². The molecule has 0 aliphatic heterocycles. The predicted octanol–water partition coefficient (Wildman–Crippen LogP) is 4.58. The summed E-state index contributed by atoms with van der Waals surface area (Å²) in [4.78, 5) is 12.4. The van der Waals surface area contributed by atoms with Crippen LogP contribution in [0, 0.1) is 11.3 Å². The van der Waals surface area contributed by atoms with Gasteiger partial charge in [-0.1, -0.05) is 29.8 Å². The van der Waals surface area contributed by atoms with Gasteiger partial charge in [0.05, 0.1) is 23.3 Å². The van der Waals surface area contributed by atoms with Gasteiger partial charge in [-0.3, -0.25) is 0 Å². The van der Waals surface area contributed by atoms with Crippen molar-refractivity contribution in [3.05, 3.63) is 58.8 Å². The minimum absolute atomic E-state index is 0.0547. The Bertz CT molecular complexity index is 922. The monoisotopic (exact) mass is 341 g/mol. The maximum Gasteiger partial charge on any atom is 0.379 e. The molecule has 0 saturated carbocycles. The van der Waals surface area contributed by atoms with E-state index in [0.29, 0.717) is 17.8 Å². The summed E-state index contributed by atoms with van der Waals surface area (Å²) in [6, 6.07) is 13.7. The molecule has 0 radical (unpaired) electrons. The van der Waals surface area contributed by atoms with Crippen LogP contribution in [-0.4, -0.2) is 12.6 Å². The molecule has 5 nitrogen and oxygen atoms in total. The Balaban J connectivity index is 1.95. The van der Waals surface area contributed by atoms with E-state index in [-0.39, 0.29) is 22.3 Å². The quantitative estimate of drug-likeness (QED) is 0.513. The van der Waals surface area contributed by atoms with E-state index in [2.05, 4.69) is 0 Å². The minimum atomic E-state index is -0.696. The zero-order valence-electron chi connectivity index (χ0n) is 12.7. The van der Waals surface area contributed by atoms with Gasteiger partial charge in [0.25, 0.3) is 0 Å². The number of carbonyl (C=O) groups is 1. The number of carbonyl (C=O) groups excluding carboxylic acids is 1. The molecule has 6 heteroatoms. The Morgan fingerprint density at radius 1 is 1.29 bits per heavy atom. The molecule has 3 rings (SSSR count). The van der Waals surface area contributed by atoms with E-state index in [0.717, 1.165) is 5.39 Å². The van der Waals surface area contributed by atoms with Crippen LogP contribution >= 0.6 is 11.6 Å². The number of esters is 1. The second-order valence-electron chi connectivity index (χ2n) is 4.87. The van der Waals surface area contributed by atoms with Crippen LogP contribution in [0.1, 0.15) is 23.0 Å². The SMILES string of the molecule is CCOc1cc(C#N)cc(Cl)c1OC(=O)c1cc2ccccc2o1. The third-order valence-corrected chi connectivity index (χ3v) is 3.54. The number of para-hydroxylation sites is 1. The van der Waals surface area contributed by atoms with E-state index >= 15 is 0 Å². The normalized spacial score (nSPS) is 10.4. The lowest BCUT2D eigenvalue weighted by Gasteiger charge is -2.11. The van der Waals surface area contributed by atoms with Gasteiger partial charge in [0.1, 0.15) is 5.58 Å². The second kappa shape index (κ2) is 6.65. The summed E-state index contributed by atoms with van der Waals surface area (Å²) in [5.41, 5.74) is 0.896. The van der Waals surface area contributed by atoms with Crippen molar-refractivity contribution in [3.8, 4) is 17.6 Å². The average molecular weight is 342 g/mol. The molecule has 1 heterocycles. The van der Waals surface area contributed by atoms with Gasteiger partial charge < -0.3 is 13.9 Å². The molecule has 0 N–H and O–H groups in total. The fraction of sp³-hybridized carbons (Fsp3) is 0.111. The van der Waals surface area contributed by atoms with Crippen LogP contribution in [0.3, 0.4) is 0 Å². The van der Waals surface area contributed by atoms with Crippen molar-refractivity contribution in [1.82, 2.24) is 0 Å². The van der Waals surface area contributed by atoms with Crippen molar-refractivity contribution in [2.75, 3.05) is 6.61 Å². The average Bonchev–Trinajstić information content (AvgIpc) is 3.02. The zero-order chi connectivity index (χ0) is 17.1. The summed E-state index contributed by atoms with van der Waals surface area (Å²) >= 11 is 6.12. The van der Waals surface area contributed by atoms with Gasteiger partial charge in [-0.25, -0.2) is 4.79 Å². The highest BCUT2D eigenvalue weighted by molar-refractivity contribution is 6.32. The molecule has 0 amide bonds. The third-order valence-electron chi connectivity index (χ3n) is 3.26. The Labute approximate surface area is 143 Å². The molecule has 1 aromatic heterocycles. The van der Waals surface area contributed by atoms with Gasteiger partial charge in [0.15, 0.2) is 11.5 Å². The molecule has 2 aromatic carbocycles. The number of nitrogens with zero attached hydrogens (tertiary/aromatic N) is 1. The minimum Gasteiger partial charge on any atom is -0.490 e.